The first kappa shape index (κ1) is 33.5. The van der Waals surface area contributed by atoms with E-state index in [1.807, 2.05) is 36.4 Å². The van der Waals surface area contributed by atoms with Crippen LogP contribution in [0.1, 0.15) is 0 Å². The Hall–Kier alpha value is -6.44. The van der Waals surface area contributed by atoms with Crippen LogP contribution in [0.3, 0.4) is 0 Å². The molecule has 0 unspecified atom stereocenters. The fraction of sp³-hybridized carbons (Fsp3) is 0. The number of nitrogens with zero attached hydrogens (tertiary/aromatic N) is 6. The molecule has 0 aromatic heterocycles. The smallest absolute Gasteiger partial charge is 0.273 e. The van der Waals surface area contributed by atoms with Gasteiger partial charge in [-0.15, -0.1) is 20.5 Å². The maximum absolute atomic E-state index is 10.6. The third-order valence-electron chi connectivity index (χ3n) is 6.61. The van der Waals surface area contributed by atoms with Crippen molar-refractivity contribution in [3.05, 3.63) is 129 Å². The average Bonchev–Trinajstić information content (AvgIpc) is 3.05. The van der Waals surface area contributed by atoms with Gasteiger partial charge in [-0.3, -0.25) is 20.2 Å². The van der Waals surface area contributed by atoms with E-state index in [-0.39, 0.29) is 74.2 Å². The number of nitro benzene ring substituents is 2. The van der Waals surface area contributed by atoms with Gasteiger partial charge in [0.2, 0.25) is 0 Å². The molecule has 0 aliphatic carbocycles. The zero-order valence-corrected chi connectivity index (χ0v) is 25.0. The van der Waals surface area contributed by atoms with Crippen LogP contribution in [0, 0.1) is 20.2 Å². The second kappa shape index (κ2) is 14.6. The predicted molar refractivity (Wildman–Crippen MR) is 169 cm³/mol. The first-order chi connectivity index (χ1) is 22.1. The maximum atomic E-state index is 10.6. The van der Waals surface area contributed by atoms with Gasteiger partial charge in [-0.1, -0.05) is 60.7 Å². The summed E-state index contributed by atoms with van der Waals surface area (Å²) < 4.78 is 0. The number of non-ortho nitro benzene ring substituents is 2. The number of phenolic OH excluding ortho intramolecular Hbond substituents is 4. The van der Waals surface area contributed by atoms with Gasteiger partial charge in [0.1, 0.15) is 45.7 Å². The summed E-state index contributed by atoms with van der Waals surface area (Å²) >= 11 is 0. The molecular formula is C32H22FeN6O8. The molecule has 0 spiro atoms. The van der Waals surface area contributed by atoms with E-state index in [0.29, 0.717) is 10.8 Å². The average molecular weight is 674 g/mol. The number of phenols is 4. The number of hydrogen-bond donors (Lipinski definition) is 4. The van der Waals surface area contributed by atoms with E-state index in [4.69, 9.17) is 0 Å². The second-order valence-electron chi connectivity index (χ2n) is 9.57. The fourth-order valence-corrected chi connectivity index (χ4v) is 4.33. The van der Waals surface area contributed by atoms with Crippen molar-refractivity contribution in [1.29, 1.82) is 0 Å². The molecule has 0 fully saturated rings. The summed E-state index contributed by atoms with van der Waals surface area (Å²) in [4.78, 5) is 20.1. The topological polar surface area (TPSA) is 217 Å². The second-order valence-corrected chi connectivity index (χ2v) is 9.57. The van der Waals surface area contributed by atoms with Gasteiger partial charge in [0, 0.05) is 40.0 Å². The number of benzene rings is 6. The van der Waals surface area contributed by atoms with Gasteiger partial charge in [0.15, 0.2) is 0 Å². The molecule has 6 rings (SSSR count). The van der Waals surface area contributed by atoms with Crippen molar-refractivity contribution in [2.75, 3.05) is 0 Å². The summed E-state index contributed by atoms with van der Waals surface area (Å²) in [5.41, 5.74) is 0.191. The van der Waals surface area contributed by atoms with Crippen molar-refractivity contribution >= 4 is 55.7 Å². The normalized spacial score (nSPS) is 10.9. The van der Waals surface area contributed by atoms with Crippen LogP contribution in [0.5, 0.6) is 23.0 Å². The van der Waals surface area contributed by atoms with Crippen molar-refractivity contribution in [3.63, 3.8) is 0 Å². The van der Waals surface area contributed by atoms with Crippen LogP contribution in [0.25, 0.3) is 21.5 Å². The zero-order valence-electron chi connectivity index (χ0n) is 23.9. The van der Waals surface area contributed by atoms with Crippen LogP contribution in [0.4, 0.5) is 34.1 Å². The van der Waals surface area contributed by atoms with Crippen LogP contribution in [-0.2, 0) is 17.1 Å². The molecule has 0 heterocycles. The first-order valence-electron chi connectivity index (χ1n) is 13.3. The number of fused-ring (bicyclic) bond motifs is 2. The van der Waals surface area contributed by atoms with Gasteiger partial charge >= 0.3 is 0 Å². The monoisotopic (exact) mass is 674 g/mol. The quantitative estimate of drug-likeness (QED) is 0.0576. The first-order valence-corrected chi connectivity index (χ1v) is 13.3. The van der Waals surface area contributed by atoms with Gasteiger partial charge in [0.25, 0.3) is 11.4 Å². The SMILES string of the molecule is O=[N+]([O-])c1ccc(N=Nc2c(O)ccc3ccccc23)c(O)c1.O=[N+]([O-])c1ccc(N=Nc2c(O)ccc3ccccc23)c(O)c1.[Fe]. The van der Waals surface area contributed by atoms with E-state index >= 15 is 0 Å². The van der Waals surface area contributed by atoms with E-state index < -0.39 is 9.85 Å². The van der Waals surface area contributed by atoms with Crippen LogP contribution < -0.4 is 0 Å². The van der Waals surface area contributed by atoms with Crippen LogP contribution in [-0.4, -0.2) is 30.3 Å². The number of azo groups is 2. The Morgan fingerprint density at radius 3 is 1.21 bits per heavy atom. The van der Waals surface area contributed by atoms with Gasteiger partial charge in [-0.25, -0.2) is 0 Å². The van der Waals surface area contributed by atoms with Gasteiger partial charge in [-0.05, 0) is 35.0 Å². The molecule has 0 radical (unpaired) electrons. The van der Waals surface area contributed by atoms with Gasteiger partial charge in [-0.2, -0.15) is 0 Å². The van der Waals surface area contributed by atoms with Crippen LogP contribution >= 0.6 is 0 Å². The molecule has 0 aliphatic rings. The third-order valence-corrected chi connectivity index (χ3v) is 6.61. The zero-order chi connectivity index (χ0) is 32.8. The minimum atomic E-state index is -0.614. The Morgan fingerprint density at radius 2 is 0.851 bits per heavy atom. The summed E-state index contributed by atoms with van der Waals surface area (Å²) in [6.07, 6.45) is 0. The third kappa shape index (κ3) is 7.62. The molecule has 4 N–H and O–H groups in total. The Balaban J connectivity index is 0.000000208. The van der Waals surface area contributed by atoms with E-state index in [1.54, 1.807) is 24.3 Å². The van der Waals surface area contributed by atoms with E-state index in [2.05, 4.69) is 20.5 Å². The molecule has 6 aromatic carbocycles. The van der Waals surface area contributed by atoms with E-state index in [9.17, 15) is 40.7 Å². The summed E-state index contributed by atoms with van der Waals surface area (Å²) in [6.45, 7) is 0. The Kier molecular flexibility index (Phi) is 10.4. The predicted octanol–water partition coefficient (Wildman–Crippen LogP) is 9.15. The van der Waals surface area contributed by atoms with E-state index in [1.165, 1.54) is 36.4 Å². The van der Waals surface area contributed by atoms with Crippen molar-refractivity contribution in [2.45, 2.75) is 0 Å². The number of nitro groups is 2. The fourth-order valence-electron chi connectivity index (χ4n) is 4.33. The minimum absolute atomic E-state index is 0. The summed E-state index contributed by atoms with van der Waals surface area (Å²) in [5.74, 6) is -0.812. The molecule has 0 bridgehead atoms. The number of rotatable bonds is 6. The molecule has 0 amide bonds. The Morgan fingerprint density at radius 1 is 0.468 bits per heavy atom. The molecule has 0 aliphatic heterocycles. The summed E-state index contributed by atoms with van der Waals surface area (Å²) in [6, 6.07) is 28.2. The Bertz CT molecular complexity index is 2040. The van der Waals surface area contributed by atoms with Gasteiger partial charge < -0.3 is 20.4 Å². The Labute approximate surface area is 275 Å². The van der Waals surface area contributed by atoms with E-state index in [0.717, 1.165) is 22.9 Å². The molecule has 15 heteroatoms. The van der Waals surface area contributed by atoms with Crippen molar-refractivity contribution < 1.29 is 47.3 Å². The van der Waals surface area contributed by atoms with Crippen LogP contribution in [0.2, 0.25) is 0 Å². The van der Waals surface area contributed by atoms with Crippen molar-refractivity contribution in [3.8, 4) is 23.0 Å². The molecule has 0 saturated heterocycles. The molecular weight excluding hydrogens is 652 g/mol. The molecule has 0 atom stereocenters. The van der Waals surface area contributed by atoms with Crippen molar-refractivity contribution in [2.24, 2.45) is 20.5 Å². The largest absolute Gasteiger partial charge is 0.506 e. The molecule has 0 saturated carbocycles. The molecule has 236 valence electrons. The minimum Gasteiger partial charge on any atom is -0.506 e. The van der Waals surface area contributed by atoms with Crippen molar-refractivity contribution in [1.82, 2.24) is 0 Å². The summed E-state index contributed by atoms with van der Waals surface area (Å²) in [5, 5.41) is 79.7. The molecule has 6 aromatic rings. The van der Waals surface area contributed by atoms with Gasteiger partial charge in [0.05, 0.1) is 22.0 Å². The maximum Gasteiger partial charge on any atom is 0.273 e. The molecule has 47 heavy (non-hydrogen) atoms. The number of aromatic hydroxyl groups is 4. The number of hydrogen-bond acceptors (Lipinski definition) is 12. The summed E-state index contributed by atoms with van der Waals surface area (Å²) in [7, 11) is 0. The van der Waals surface area contributed by atoms with Crippen LogP contribution in [0.15, 0.2) is 130 Å². The molecule has 14 nitrogen and oxygen atoms in total. The standard InChI is InChI=1S/2C16H11N3O4.Fe/c2*20-14-8-5-10-3-1-2-4-12(10)16(14)18-17-13-7-6-11(19(22)23)9-15(13)21;/h2*1-9,20-21H;.